The first kappa shape index (κ1) is 19.7. The molecule has 28 heavy (non-hydrogen) atoms. The minimum atomic E-state index is -0.493. The molecular weight excluding hydrogens is 380 g/mol. The van der Waals surface area contributed by atoms with Gasteiger partial charge in [0.25, 0.3) is 5.91 Å². The molecule has 0 atom stereocenters. The summed E-state index contributed by atoms with van der Waals surface area (Å²) in [5, 5.41) is 29.0. The van der Waals surface area contributed by atoms with Crippen LogP contribution in [-0.4, -0.2) is 52.1 Å². The average molecular weight is 400 g/mol. The fraction of sp³-hybridized carbons (Fsp3) is 0.444. The van der Waals surface area contributed by atoms with Crippen LogP contribution < -0.4 is 4.90 Å². The highest BCUT2D eigenvalue weighted by Gasteiger charge is 2.27. The molecule has 0 N–H and O–H groups in total. The fourth-order valence-electron chi connectivity index (χ4n) is 3.32. The molecule has 3 rings (SSSR count). The van der Waals surface area contributed by atoms with E-state index >= 15 is 0 Å². The predicted octanol–water partition coefficient (Wildman–Crippen LogP) is 2.41. The summed E-state index contributed by atoms with van der Waals surface area (Å²) >= 11 is 0.886. The Morgan fingerprint density at radius 1 is 1.25 bits per heavy atom. The van der Waals surface area contributed by atoms with E-state index < -0.39 is 4.92 Å². The zero-order valence-corrected chi connectivity index (χ0v) is 16.5. The highest BCUT2D eigenvalue weighted by Crippen LogP contribution is 2.27. The molecule has 2 aromatic heterocycles. The topological polar surface area (TPSA) is 116 Å². The Labute approximate surface area is 166 Å². The first-order chi connectivity index (χ1) is 13.5. The van der Waals surface area contributed by atoms with Gasteiger partial charge in [0.2, 0.25) is 0 Å². The molecule has 0 spiro atoms. The van der Waals surface area contributed by atoms with Crippen LogP contribution in [0, 0.1) is 21.4 Å². The van der Waals surface area contributed by atoms with E-state index in [-0.39, 0.29) is 10.9 Å². The normalized spacial score (nSPS) is 14.0. The number of hydrogen-bond acceptors (Lipinski definition) is 8. The molecule has 9 nitrogen and oxygen atoms in total. The van der Waals surface area contributed by atoms with E-state index in [1.54, 1.807) is 4.90 Å². The molecule has 0 aliphatic carbocycles. The van der Waals surface area contributed by atoms with Crippen molar-refractivity contribution in [3.63, 3.8) is 0 Å². The average Bonchev–Trinajstić information content (AvgIpc) is 3.22. The Kier molecular flexibility index (Phi) is 5.84. The highest BCUT2D eigenvalue weighted by molar-refractivity contribution is 7.17. The molecular formula is C18H20N6O3S. The van der Waals surface area contributed by atoms with Gasteiger partial charge in [-0.25, -0.2) is 0 Å². The monoisotopic (exact) mass is 400 g/mol. The van der Waals surface area contributed by atoms with Gasteiger partial charge >= 0.3 is 5.00 Å². The van der Waals surface area contributed by atoms with Gasteiger partial charge in [-0.05, 0) is 24.5 Å². The summed E-state index contributed by atoms with van der Waals surface area (Å²) in [6.07, 6.45) is 1.44. The number of amides is 1. The number of anilines is 1. The van der Waals surface area contributed by atoms with Gasteiger partial charge in [-0.2, -0.15) is 10.4 Å². The third kappa shape index (κ3) is 3.66. The highest BCUT2D eigenvalue weighted by atomic mass is 32.1. The zero-order valence-electron chi connectivity index (χ0n) is 15.7. The summed E-state index contributed by atoms with van der Waals surface area (Å²) in [7, 11) is 0. The van der Waals surface area contributed by atoms with Gasteiger partial charge in [0, 0.05) is 32.2 Å². The molecule has 10 heteroatoms. The molecule has 0 radical (unpaired) electrons. The summed E-state index contributed by atoms with van der Waals surface area (Å²) in [5.41, 5.74) is 2.33. The number of hydrogen-bond donors (Lipinski definition) is 0. The zero-order chi connectivity index (χ0) is 20.3. The van der Waals surface area contributed by atoms with E-state index in [1.165, 1.54) is 12.1 Å². The van der Waals surface area contributed by atoms with Crippen LogP contribution >= 0.6 is 11.3 Å². The molecule has 146 valence electrons. The lowest BCUT2D eigenvalue weighted by atomic mass is 10.0. The van der Waals surface area contributed by atoms with Crippen molar-refractivity contribution in [1.82, 2.24) is 15.1 Å². The summed E-state index contributed by atoms with van der Waals surface area (Å²) < 4.78 is 0. The number of nitrogens with zero attached hydrogens (tertiary/aromatic N) is 6. The van der Waals surface area contributed by atoms with Gasteiger partial charge in [-0.15, -0.1) is 5.10 Å². The lowest BCUT2D eigenvalue weighted by Gasteiger charge is -2.35. The van der Waals surface area contributed by atoms with Gasteiger partial charge in [0.05, 0.1) is 15.5 Å². The molecule has 1 aliphatic rings. The summed E-state index contributed by atoms with van der Waals surface area (Å²) in [6, 6.07) is 5.12. The minimum Gasteiger partial charge on any atom is -0.350 e. The maximum absolute atomic E-state index is 12.6. The Balaban J connectivity index is 1.74. The summed E-state index contributed by atoms with van der Waals surface area (Å²) in [4.78, 5) is 26.9. The number of aryl methyl sites for hydroxylation is 1. The van der Waals surface area contributed by atoms with Crippen molar-refractivity contribution in [3.8, 4) is 6.07 Å². The maximum Gasteiger partial charge on any atom is 0.324 e. The van der Waals surface area contributed by atoms with Crippen molar-refractivity contribution in [2.24, 2.45) is 0 Å². The Morgan fingerprint density at radius 3 is 2.50 bits per heavy atom. The summed E-state index contributed by atoms with van der Waals surface area (Å²) in [6.45, 7) is 5.94. The molecule has 0 bridgehead atoms. The first-order valence-electron chi connectivity index (χ1n) is 9.07. The van der Waals surface area contributed by atoms with Crippen LogP contribution in [-0.2, 0) is 12.8 Å². The largest absolute Gasteiger partial charge is 0.350 e. The van der Waals surface area contributed by atoms with Crippen LogP contribution in [0.1, 0.15) is 40.3 Å². The van der Waals surface area contributed by atoms with E-state index in [0.717, 1.165) is 29.0 Å². The maximum atomic E-state index is 12.6. The second-order valence-corrected chi connectivity index (χ2v) is 7.38. The Hall–Kier alpha value is -3.06. The molecule has 1 saturated heterocycles. The second kappa shape index (κ2) is 8.31. The fourth-order valence-corrected chi connectivity index (χ4v) is 4.11. The smallest absolute Gasteiger partial charge is 0.324 e. The molecule has 2 aromatic rings. The lowest BCUT2D eigenvalue weighted by Crippen LogP contribution is -2.49. The van der Waals surface area contributed by atoms with Crippen LogP contribution in [0.25, 0.3) is 0 Å². The van der Waals surface area contributed by atoms with E-state index in [2.05, 4.69) is 16.3 Å². The van der Waals surface area contributed by atoms with Crippen LogP contribution in [0.15, 0.2) is 12.1 Å². The number of carbonyl (C=O) groups is 1. The number of piperazine rings is 1. The van der Waals surface area contributed by atoms with Crippen LogP contribution in [0.3, 0.4) is 0 Å². The molecule has 0 unspecified atom stereocenters. The van der Waals surface area contributed by atoms with Gasteiger partial charge < -0.3 is 9.80 Å². The number of rotatable bonds is 5. The first-order valence-corrected chi connectivity index (χ1v) is 9.88. The van der Waals surface area contributed by atoms with Crippen molar-refractivity contribution >= 4 is 28.1 Å². The quantitative estimate of drug-likeness (QED) is 0.559. The van der Waals surface area contributed by atoms with Crippen LogP contribution in [0.5, 0.6) is 0 Å². The molecule has 0 saturated carbocycles. The van der Waals surface area contributed by atoms with Gasteiger partial charge in [-0.3, -0.25) is 14.9 Å². The number of aromatic nitrogens is 2. The lowest BCUT2D eigenvalue weighted by molar-refractivity contribution is -0.380. The number of nitriles is 1. The molecule has 1 amide bonds. The van der Waals surface area contributed by atoms with E-state index in [0.29, 0.717) is 48.9 Å². The third-order valence-electron chi connectivity index (χ3n) is 4.79. The number of nitro groups is 1. The van der Waals surface area contributed by atoms with Crippen molar-refractivity contribution in [2.75, 3.05) is 31.1 Å². The number of carbonyl (C=O) groups excluding carboxylic acids is 1. The van der Waals surface area contributed by atoms with Crippen molar-refractivity contribution in [1.29, 1.82) is 5.26 Å². The third-order valence-corrected chi connectivity index (χ3v) is 5.81. The molecule has 1 aliphatic heterocycles. The van der Waals surface area contributed by atoms with E-state index in [4.69, 9.17) is 0 Å². The second-order valence-electron chi connectivity index (χ2n) is 6.32. The van der Waals surface area contributed by atoms with Crippen molar-refractivity contribution in [3.05, 3.63) is 43.9 Å². The van der Waals surface area contributed by atoms with Gasteiger partial charge in [-0.1, -0.05) is 25.2 Å². The predicted molar refractivity (Wildman–Crippen MR) is 105 cm³/mol. The Morgan fingerprint density at radius 2 is 1.96 bits per heavy atom. The van der Waals surface area contributed by atoms with Crippen molar-refractivity contribution < 1.29 is 9.72 Å². The van der Waals surface area contributed by atoms with Crippen LogP contribution in [0.4, 0.5) is 10.8 Å². The van der Waals surface area contributed by atoms with Gasteiger partial charge in [0.15, 0.2) is 5.82 Å². The van der Waals surface area contributed by atoms with Crippen molar-refractivity contribution in [2.45, 2.75) is 26.7 Å². The van der Waals surface area contributed by atoms with Crippen LogP contribution in [0.2, 0.25) is 0 Å². The minimum absolute atomic E-state index is 0.0426. The van der Waals surface area contributed by atoms with Gasteiger partial charge in [0.1, 0.15) is 11.6 Å². The Bertz CT molecular complexity index is 943. The van der Waals surface area contributed by atoms with E-state index in [1.807, 2.05) is 18.7 Å². The molecule has 0 aromatic carbocycles. The summed E-state index contributed by atoms with van der Waals surface area (Å²) in [5.74, 6) is 0.357. The molecule has 1 fully saturated rings. The number of thiophene rings is 1. The SMILES string of the molecule is CCc1nnc(N2CCN(C(=O)c3ccc([N+](=O)[O-])s3)CC2)c(C#N)c1CC. The molecule has 3 heterocycles. The van der Waals surface area contributed by atoms with E-state index in [9.17, 15) is 20.2 Å². The standard InChI is InChI=1S/C18H20N6O3S/c1-3-12-13(11-19)17(21-20-14(12)4-2)22-7-9-23(10-8-22)18(25)15-5-6-16(28-15)24(26)27/h5-6H,3-4,7-10H2,1-2H3.